The van der Waals surface area contributed by atoms with Gasteiger partial charge in [-0.15, -0.1) is 0 Å². The van der Waals surface area contributed by atoms with E-state index in [2.05, 4.69) is 11.6 Å². The smallest absolute Gasteiger partial charge is 0.336 e. The van der Waals surface area contributed by atoms with Crippen LogP contribution < -0.4 is 4.90 Å². The molecule has 0 saturated heterocycles. The van der Waals surface area contributed by atoms with E-state index in [-0.39, 0.29) is 6.61 Å². The molecule has 1 aliphatic rings. The van der Waals surface area contributed by atoms with E-state index in [9.17, 15) is 8.78 Å². The van der Waals surface area contributed by atoms with Gasteiger partial charge in [-0.3, -0.25) is 0 Å². The Hall–Kier alpha value is -1.75. The molecule has 0 spiro atoms. The predicted molar refractivity (Wildman–Crippen MR) is 94.4 cm³/mol. The SMILES string of the molecule is C=C(N=CN(C)c1cccc(COC(F)(F)C(C)(C)C)c1)C1CC1. The summed E-state index contributed by atoms with van der Waals surface area (Å²) in [5.74, 6) is 0.522. The first-order valence-electron chi connectivity index (χ1n) is 8.17. The summed E-state index contributed by atoms with van der Waals surface area (Å²) in [5.41, 5.74) is 1.21. The Labute approximate surface area is 143 Å². The summed E-state index contributed by atoms with van der Waals surface area (Å²) in [5, 5.41) is 0. The zero-order valence-electron chi connectivity index (χ0n) is 14.9. The van der Waals surface area contributed by atoms with Gasteiger partial charge in [-0.1, -0.05) is 39.5 Å². The van der Waals surface area contributed by atoms with Crippen LogP contribution in [0.15, 0.2) is 41.5 Å². The third-order valence-corrected chi connectivity index (χ3v) is 4.06. The summed E-state index contributed by atoms with van der Waals surface area (Å²) in [4.78, 5) is 6.21. The number of aliphatic imine (C=N–C) groups is 1. The van der Waals surface area contributed by atoms with Crippen LogP contribution in [-0.4, -0.2) is 19.5 Å². The van der Waals surface area contributed by atoms with Crippen molar-refractivity contribution in [3.63, 3.8) is 0 Å². The van der Waals surface area contributed by atoms with Crippen LogP contribution in [-0.2, 0) is 11.3 Å². The summed E-state index contributed by atoms with van der Waals surface area (Å²) < 4.78 is 32.7. The zero-order chi connectivity index (χ0) is 18.0. The number of anilines is 1. The summed E-state index contributed by atoms with van der Waals surface area (Å²) in [6, 6.07) is 7.32. The predicted octanol–water partition coefficient (Wildman–Crippen LogP) is 5.23. The van der Waals surface area contributed by atoms with E-state index in [4.69, 9.17) is 4.74 Å². The summed E-state index contributed by atoms with van der Waals surface area (Å²) >= 11 is 0. The molecule has 0 N–H and O–H groups in total. The number of allylic oxidation sites excluding steroid dienone is 1. The number of halogens is 2. The second-order valence-electron chi connectivity index (χ2n) is 7.35. The maximum absolute atomic E-state index is 13.9. The highest BCUT2D eigenvalue weighted by molar-refractivity contribution is 5.79. The Balaban J connectivity index is 1.99. The molecule has 1 saturated carbocycles. The van der Waals surface area contributed by atoms with Crippen molar-refractivity contribution in [1.82, 2.24) is 0 Å². The third-order valence-electron chi connectivity index (χ3n) is 4.06. The van der Waals surface area contributed by atoms with Crippen molar-refractivity contribution < 1.29 is 13.5 Å². The molecule has 132 valence electrons. The molecule has 0 atom stereocenters. The van der Waals surface area contributed by atoms with Crippen LogP contribution in [0.4, 0.5) is 14.5 Å². The van der Waals surface area contributed by atoms with Gasteiger partial charge in [0.15, 0.2) is 0 Å². The van der Waals surface area contributed by atoms with Crippen molar-refractivity contribution in [2.45, 2.75) is 46.3 Å². The lowest BCUT2D eigenvalue weighted by Gasteiger charge is -2.29. The summed E-state index contributed by atoms with van der Waals surface area (Å²) in [6.45, 7) is 8.19. The molecule has 1 aromatic rings. The minimum atomic E-state index is -3.18. The molecule has 0 amide bonds. The fraction of sp³-hybridized carbons (Fsp3) is 0.526. The number of nitrogens with zero attached hydrogens (tertiary/aromatic N) is 2. The zero-order valence-corrected chi connectivity index (χ0v) is 14.9. The first kappa shape index (κ1) is 18.6. The number of benzene rings is 1. The first-order valence-corrected chi connectivity index (χ1v) is 8.17. The number of ether oxygens (including phenoxy) is 1. The Kier molecular flexibility index (Phi) is 5.43. The topological polar surface area (TPSA) is 24.8 Å². The minimum Gasteiger partial charge on any atom is -0.336 e. The lowest BCUT2D eigenvalue weighted by Crippen LogP contribution is -2.36. The van der Waals surface area contributed by atoms with Crippen molar-refractivity contribution in [2.24, 2.45) is 16.3 Å². The van der Waals surface area contributed by atoms with Crippen molar-refractivity contribution >= 4 is 12.0 Å². The van der Waals surface area contributed by atoms with Crippen molar-refractivity contribution in [1.29, 1.82) is 0 Å². The molecular formula is C19H26F2N2O. The molecule has 5 heteroatoms. The molecule has 3 nitrogen and oxygen atoms in total. The Morgan fingerprint density at radius 1 is 1.38 bits per heavy atom. The van der Waals surface area contributed by atoms with Gasteiger partial charge in [0.25, 0.3) is 0 Å². The van der Waals surface area contributed by atoms with E-state index in [1.807, 2.05) is 30.1 Å². The first-order chi connectivity index (χ1) is 11.1. The second kappa shape index (κ2) is 7.01. The largest absolute Gasteiger partial charge is 0.360 e. The minimum absolute atomic E-state index is 0.141. The van der Waals surface area contributed by atoms with Gasteiger partial charge in [-0.25, -0.2) is 4.99 Å². The van der Waals surface area contributed by atoms with Gasteiger partial charge >= 0.3 is 6.11 Å². The van der Waals surface area contributed by atoms with Crippen molar-refractivity contribution in [2.75, 3.05) is 11.9 Å². The average molecular weight is 336 g/mol. The molecule has 1 aliphatic carbocycles. The Morgan fingerprint density at radius 2 is 2.04 bits per heavy atom. The average Bonchev–Trinajstić information content (AvgIpc) is 3.34. The lowest BCUT2D eigenvalue weighted by atomic mass is 9.95. The van der Waals surface area contributed by atoms with Crippen LogP contribution in [0.2, 0.25) is 0 Å². The Morgan fingerprint density at radius 3 is 2.62 bits per heavy atom. The van der Waals surface area contributed by atoms with Gasteiger partial charge in [-0.2, -0.15) is 8.78 Å². The number of hydrogen-bond donors (Lipinski definition) is 0. The maximum atomic E-state index is 13.9. The van der Waals surface area contributed by atoms with Gasteiger partial charge in [0.1, 0.15) is 0 Å². The van der Waals surface area contributed by atoms with E-state index in [0.717, 1.165) is 24.2 Å². The summed E-state index contributed by atoms with van der Waals surface area (Å²) in [6.07, 6.45) is 0.853. The van der Waals surface area contributed by atoms with Crippen LogP contribution >= 0.6 is 0 Å². The van der Waals surface area contributed by atoms with Crippen LogP contribution in [0.1, 0.15) is 39.2 Å². The molecule has 0 aromatic heterocycles. The molecule has 0 radical (unpaired) electrons. The molecular weight excluding hydrogens is 310 g/mol. The third kappa shape index (κ3) is 4.87. The van der Waals surface area contributed by atoms with E-state index < -0.39 is 11.5 Å². The van der Waals surface area contributed by atoms with Gasteiger partial charge < -0.3 is 9.64 Å². The quantitative estimate of drug-likeness (QED) is 0.503. The Bertz CT molecular complexity index is 616. The van der Waals surface area contributed by atoms with Crippen molar-refractivity contribution in [3.05, 3.63) is 42.1 Å². The fourth-order valence-corrected chi connectivity index (χ4v) is 2.01. The second-order valence-corrected chi connectivity index (χ2v) is 7.35. The van der Waals surface area contributed by atoms with E-state index in [1.54, 1.807) is 12.4 Å². The monoisotopic (exact) mass is 336 g/mol. The molecule has 1 aromatic carbocycles. The van der Waals surface area contributed by atoms with Gasteiger partial charge in [0.2, 0.25) is 0 Å². The van der Waals surface area contributed by atoms with Crippen LogP contribution in [0.5, 0.6) is 0 Å². The van der Waals surface area contributed by atoms with Gasteiger partial charge in [0.05, 0.1) is 18.4 Å². The normalized spacial score (nSPS) is 15.8. The van der Waals surface area contributed by atoms with Crippen LogP contribution in [0.3, 0.4) is 0 Å². The van der Waals surface area contributed by atoms with E-state index in [0.29, 0.717) is 11.5 Å². The molecule has 1 fully saturated rings. The fourth-order valence-electron chi connectivity index (χ4n) is 2.01. The number of rotatable bonds is 7. The molecule has 0 bridgehead atoms. The molecule has 2 rings (SSSR count). The lowest BCUT2D eigenvalue weighted by molar-refractivity contribution is -0.300. The molecule has 0 unspecified atom stereocenters. The number of hydrogen-bond acceptors (Lipinski definition) is 2. The van der Waals surface area contributed by atoms with Gasteiger partial charge in [-0.05, 0) is 30.5 Å². The van der Waals surface area contributed by atoms with E-state index >= 15 is 0 Å². The highest BCUT2D eigenvalue weighted by atomic mass is 19.3. The maximum Gasteiger partial charge on any atom is 0.360 e. The highest BCUT2D eigenvalue weighted by Crippen LogP contribution is 2.37. The van der Waals surface area contributed by atoms with Crippen LogP contribution in [0, 0.1) is 11.3 Å². The summed E-state index contributed by atoms with van der Waals surface area (Å²) in [7, 11) is 1.87. The molecule has 24 heavy (non-hydrogen) atoms. The molecule has 0 heterocycles. The number of alkyl halides is 2. The molecule has 0 aliphatic heterocycles. The van der Waals surface area contributed by atoms with Crippen LogP contribution in [0.25, 0.3) is 0 Å². The van der Waals surface area contributed by atoms with Gasteiger partial charge in [0, 0.05) is 24.4 Å². The van der Waals surface area contributed by atoms with Crippen molar-refractivity contribution in [3.8, 4) is 0 Å². The standard InChI is InChI=1S/C19H26F2N2O/c1-14(16-9-10-16)22-13-23(5)17-8-6-7-15(11-17)12-24-19(20,21)18(2,3)4/h6-8,11,13,16H,1,9-10,12H2,2-5H3. The van der Waals surface area contributed by atoms with E-state index in [1.165, 1.54) is 20.8 Å². The highest BCUT2D eigenvalue weighted by Gasteiger charge is 2.44.